The molecule has 0 aliphatic carbocycles. The highest BCUT2D eigenvalue weighted by Crippen LogP contribution is 2.21. The predicted molar refractivity (Wildman–Crippen MR) is 69.1 cm³/mol. The molecule has 0 N–H and O–H groups in total. The van der Waals surface area contributed by atoms with Gasteiger partial charge in [0.05, 0.1) is 6.54 Å². The third kappa shape index (κ3) is 4.30. The molecule has 0 radical (unpaired) electrons. The number of amides is 2. The van der Waals surface area contributed by atoms with Gasteiger partial charge in [0, 0.05) is 10.7 Å². The van der Waals surface area contributed by atoms with Crippen LogP contribution in [0.2, 0.25) is 0 Å². The smallest absolute Gasteiger partial charge is 0.416 e. The van der Waals surface area contributed by atoms with Crippen molar-refractivity contribution in [3.8, 4) is 0 Å². The van der Waals surface area contributed by atoms with E-state index < -0.39 is 6.09 Å². The van der Waals surface area contributed by atoms with Gasteiger partial charge in [0.15, 0.2) is 0 Å². The SMILES string of the molecule is CCCCC(Br)CC(C)C(=O)N1CCOC1=O. The molecule has 0 bridgehead atoms. The van der Waals surface area contributed by atoms with Gasteiger partial charge in [-0.2, -0.15) is 0 Å². The van der Waals surface area contributed by atoms with Crippen molar-refractivity contribution in [2.75, 3.05) is 13.2 Å². The Hall–Kier alpha value is -0.580. The molecule has 1 saturated heterocycles. The van der Waals surface area contributed by atoms with Crippen LogP contribution in [0.5, 0.6) is 0 Å². The fourth-order valence-corrected chi connectivity index (χ4v) is 2.77. The molecule has 17 heavy (non-hydrogen) atoms. The lowest BCUT2D eigenvalue weighted by molar-refractivity contribution is -0.131. The summed E-state index contributed by atoms with van der Waals surface area (Å²) in [5.74, 6) is -0.254. The normalized spacial score (nSPS) is 19.0. The Bertz CT molecular complexity index is 283. The molecule has 2 unspecified atom stereocenters. The van der Waals surface area contributed by atoms with Crippen LogP contribution < -0.4 is 0 Å². The first kappa shape index (κ1) is 14.5. The van der Waals surface area contributed by atoms with Crippen molar-refractivity contribution in [2.24, 2.45) is 5.92 Å². The predicted octanol–water partition coefficient (Wildman–Crippen LogP) is 2.95. The largest absolute Gasteiger partial charge is 0.447 e. The first-order valence-corrected chi connectivity index (χ1v) is 7.10. The Balaban J connectivity index is 2.38. The van der Waals surface area contributed by atoms with Crippen LogP contribution in [0.15, 0.2) is 0 Å². The topological polar surface area (TPSA) is 46.6 Å². The summed E-state index contributed by atoms with van der Waals surface area (Å²) in [6.45, 7) is 4.73. The summed E-state index contributed by atoms with van der Waals surface area (Å²) in [7, 11) is 0. The van der Waals surface area contributed by atoms with E-state index >= 15 is 0 Å². The molecule has 4 nitrogen and oxygen atoms in total. The fourth-order valence-electron chi connectivity index (χ4n) is 1.89. The first-order chi connectivity index (χ1) is 8.06. The van der Waals surface area contributed by atoms with Crippen molar-refractivity contribution in [3.05, 3.63) is 0 Å². The molecule has 5 heteroatoms. The molecule has 1 aliphatic heterocycles. The number of imide groups is 1. The van der Waals surface area contributed by atoms with Gasteiger partial charge in [-0.1, -0.05) is 42.6 Å². The molecule has 0 saturated carbocycles. The van der Waals surface area contributed by atoms with Crippen LogP contribution in [0, 0.1) is 5.92 Å². The molecule has 1 rings (SSSR count). The Kier molecular flexibility index (Phi) is 5.95. The summed E-state index contributed by atoms with van der Waals surface area (Å²) in [6, 6.07) is 0. The lowest BCUT2D eigenvalue weighted by Crippen LogP contribution is -2.36. The molecular weight excluding hydrogens is 286 g/mol. The van der Waals surface area contributed by atoms with E-state index in [4.69, 9.17) is 4.74 Å². The number of cyclic esters (lactones) is 1. The molecule has 0 aromatic heterocycles. The summed E-state index contributed by atoms with van der Waals surface area (Å²) in [5.41, 5.74) is 0. The molecule has 0 aromatic rings. The second-order valence-electron chi connectivity index (χ2n) is 4.48. The van der Waals surface area contributed by atoms with Crippen LogP contribution in [-0.4, -0.2) is 34.9 Å². The van der Waals surface area contributed by atoms with E-state index in [-0.39, 0.29) is 11.8 Å². The monoisotopic (exact) mass is 305 g/mol. The molecule has 98 valence electrons. The Morgan fingerprint density at radius 3 is 2.82 bits per heavy atom. The fraction of sp³-hybridized carbons (Fsp3) is 0.833. The number of carbonyl (C=O) groups is 2. The highest BCUT2D eigenvalue weighted by molar-refractivity contribution is 9.09. The number of unbranched alkanes of at least 4 members (excludes halogenated alkanes) is 1. The maximum Gasteiger partial charge on any atom is 0.416 e. The number of rotatable bonds is 6. The number of alkyl halides is 1. The van der Waals surface area contributed by atoms with Gasteiger partial charge in [-0.25, -0.2) is 9.69 Å². The van der Waals surface area contributed by atoms with Crippen molar-refractivity contribution in [2.45, 2.75) is 44.4 Å². The molecule has 0 aromatic carbocycles. The average Bonchev–Trinajstić information content (AvgIpc) is 2.71. The van der Waals surface area contributed by atoms with Crippen LogP contribution in [0.25, 0.3) is 0 Å². The number of nitrogens with zero attached hydrogens (tertiary/aromatic N) is 1. The second-order valence-corrected chi connectivity index (χ2v) is 5.78. The molecular formula is C12H20BrNO3. The van der Waals surface area contributed by atoms with Crippen molar-refractivity contribution < 1.29 is 14.3 Å². The average molecular weight is 306 g/mol. The van der Waals surface area contributed by atoms with Crippen LogP contribution in [0.4, 0.5) is 4.79 Å². The van der Waals surface area contributed by atoms with E-state index in [2.05, 4.69) is 22.9 Å². The van der Waals surface area contributed by atoms with E-state index in [1.54, 1.807) is 0 Å². The molecule has 0 spiro atoms. The van der Waals surface area contributed by atoms with E-state index in [1.807, 2.05) is 6.92 Å². The molecule has 1 fully saturated rings. The third-order valence-electron chi connectivity index (χ3n) is 2.93. The Morgan fingerprint density at radius 2 is 2.29 bits per heavy atom. The zero-order valence-electron chi connectivity index (χ0n) is 10.4. The number of hydrogen-bond donors (Lipinski definition) is 0. The second kappa shape index (κ2) is 6.99. The van der Waals surface area contributed by atoms with Gasteiger partial charge in [-0.3, -0.25) is 4.79 Å². The minimum absolute atomic E-state index is 0.117. The van der Waals surface area contributed by atoms with Gasteiger partial charge in [0.1, 0.15) is 6.61 Å². The zero-order valence-corrected chi connectivity index (χ0v) is 12.0. The summed E-state index contributed by atoms with van der Waals surface area (Å²) >= 11 is 3.58. The number of hydrogen-bond acceptors (Lipinski definition) is 3. The Morgan fingerprint density at radius 1 is 1.59 bits per heavy atom. The van der Waals surface area contributed by atoms with Crippen LogP contribution in [0.3, 0.4) is 0 Å². The molecule has 2 amide bonds. The molecule has 2 atom stereocenters. The highest BCUT2D eigenvalue weighted by atomic mass is 79.9. The minimum Gasteiger partial charge on any atom is -0.447 e. The van der Waals surface area contributed by atoms with Gasteiger partial charge in [0.2, 0.25) is 5.91 Å². The third-order valence-corrected chi connectivity index (χ3v) is 3.76. The summed E-state index contributed by atoms with van der Waals surface area (Å²) in [5, 5.41) is 0. The van der Waals surface area contributed by atoms with Crippen LogP contribution >= 0.6 is 15.9 Å². The highest BCUT2D eigenvalue weighted by Gasteiger charge is 2.31. The van der Waals surface area contributed by atoms with Crippen LogP contribution in [-0.2, 0) is 9.53 Å². The van der Waals surface area contributed by atoms with E-state index in [1.165, 1.54) is 4.90 Å². The van der Waals surface area contributed by atoms with Crippen molar-refractivity contribution in [1.82, 2.24) is 4.90 Å². The summed E-state index contributed by atoms with van der Waals surface area (Å²) < 4.78 is 4.76. The van der Waals surface area contributed by atoms with Gasteiger partial charge in [-0.15, -0.1) is 0 Å². The van der Waals surface area contributed by atoms with Gasteiger partial charge in [0.25, 0.3) is 0 Å². The molecule has 1 heterocycles. The van der Waals surface area contributed by atoms with Crippen LogP contribution in [0.1, 0.15) is 39.5 Å². The maximum absolute atomic E-state index is 12.0. The summed E-state index contributed by atoms with van der Waals surface area (Å²) in [6.07, 6.45) is 3.65. The van der Waals surface area contributed by atoms with Crippen molar-refractivity contribution in [3.63, 3.8) is 0 Å². The van der Waals surface area contributed by atoms with E-state index in [0.717, 1.165) is 25.7 Å². The number of ether oxygens (including phenoxy) is 1. The van der Waals surface area contributed by atoms with E-state index in [0.29, 0.717) is 18.0 Å². The minimum atomic E-state index is -0.499. The van der Waals surface area contributed by atoms with Gasteiger partial charge < -0.3 is 4.74 Å². The standard InChI is InChI=1S/C12H20BrNO3/c1-3-4-5-10(13)8-9(2)11(15)14-6-7-17-12(14)16/h9-10H,3-8H2,1-2H3. The number of halogens is 1. The quantitative estimate of drug-likeness (QED) is 0.709. The summed E-state index contributed by atoms with van der Waals surface area (Å²) in [4.78, 5) is 24.8. The molecule has 1 aliphatic rings. The first-order valence-electron chi connectivity index (χ1n) is 6.18. The van der Waals surface area contributed by atoms with E-state index in [9.17, 15) is 9.59 Å². The maximum atomic E-state index is 12.0. The lowest BCUT2D eigenvalue weighted by atomic mass is 10.0. The number of carbonyl (C=O) groups excluding carboxylic acids is 2. The Labute approximate surface area is 111 Å². The van der Waals surface area contributed by atoms with Crippen molar-refractivity contribution in [1.29, 1.82) is 0 Å². The van der Waals surface area contributed by atoms with Gasteiger partial charge in [-0.05, 0) is 12.8 Å². The van der Waals surface area contributed by atoms with Crippen molar-refractivity contribution >= 4 is 27.9 Å². The lowest BCUT2D eigenvalue weighted by Gasteiger charge is -2.19. The zero-order chi connectivity index (χ0) is 12.8. The van der Waals surface area contributed by atoms with Gasteiger partial charge >= 0.3 is 6.09 Å².